The average molecular weight is 748 g/mol. The molecule has 10 aromatic rings. The van der Waals surface area contributed by atoms with Crippen LogP contribution < -0.4 is 5.69 Å². The van der Waals surface area contributed by atoms with E-state index in [1.165, 1.54) is 16.3 Å². The molecule has 6 nitrogen and oxygen atoms in total. The van der Waals surface area contributed by atoms with Crippen LogP contribution >= 0.6 is 0 Å². The molecule has 0 N–H and O–H groups in total. The minimum absolute atomic E-state index is 0.0258. The van der Waals surface area contributed by atoms with E-state index in [0.717, 1.165) is 66.7 Å². The largest absolute Gasteiger partial charge is 0.328 e. The van der Waals surface area contributed by atoms with Gasteiger partial charge < -0.3 is 0 Å². The third-order valence-electron chi connectivity index (χ3n) is 11.1. The summed E-state index contributed by atoms with van der Waals surface area (Å²) in [5.41, 5.74) is 13.6. The summed E-state index contributed by atoms with van der Waals surface area (Å²) < 4.78 is 3.40. The number of aryl methyl sites for hydroxylation is 2. The predicted octanol–water partition coefficient (Wildman–Crippen LogP) is 11.9. The van der Waals surface area contributed by atoms with Crippen molar-refractivity contribution < 1.29 is 0 Å². The SMILES string of the molecule is Cn1c(=O)n(C)c2cc(-c3ccc(-c4ccc(-c5ccc(-c6nc(-c7ccccc7)nc(-c7ccccc7-c7ccccc7)n6)cc5)cc4)c4ccccc34)ccc21. The number of hydrogen-bond acceptors (Lipinski definition) is 4. The highest BCUT2D eigenvalue weighted by Gasteiger charge is 2.17. The zero-order chi connectivity index (χ0) is 39.2. The number of fused-ring (bicyclic) bond motifs is 2. The van der Waals surface area contributed by atoms with E-state index >= 15 is 0 Å². The summed E-state index contributed by atoms with van der Waals surface area (Å²) in [5.74, 6) is 1.89. The standard InChI is InChI=1S/C52H37N5O/c1-56-47-32-29-40(33-48(47)57(2)52(56)58)43-31-30-42(44-18-10-11-19-45(43)44)37-25-21-34(22-26-37)35-23-27-39(28-24-35)50-53-49(38-15-7-4-8-16-38)54-51(55-50)46-20-12-9-17-41(46)36-13-5-3-6-14-36/h3-33H,1-2H3. The highest BCUT2D eigenvalue weighted by molar-refractivity contribution is 6.05. The first kappa shape index (κ1) is 34.8. The van der Waals surface area contributed by atoms with Crippen LogP contribution in [0.25, 0.3) is 100 Å². The number of nitrogens with zero attached hydrogens (tertiary/aromatic N) is 5. The molecule has 276 valence electrons. The molecule has 0 aliphatic heterocycles. The first-order chi connectivity index (χ1) is 28.5. The average Bonchev–Trinajstić information content (AvgIpc) is 3.51. The van der Waals surface area contributed by atoms with E-state index in [9.17, 15) is 4.79 Å². The van der Waals surface area contributed by atoms with E-state index in [1.807, 2.05) is 62.6 Å². The first-order valence-corrected chi connectivity index (χ1v) is 19.4. The second kappa shape index (κ2) is 14.4. The molecule has 0 fully saturated rings. The molecule has 0 spiro atoms. The minimum atomic E-state index is -0.0258. The maximum atomic E-state index is 12.6. The molecule has 0 aliphatic carbocycles. The van der Waals surface area contributed by atoms with Gasteiger partial charge in [0.1, 0.15) is 0 Å². The highest BCUT2D eigenvalue weighted by atomic mass is 16.1. The second-order valence-corrected chi connectivity index (χ2v) is 14.5. The molecule has 0 saturated carbocycles. The van der Waals surface area contributed by atoms with Gasteiger partial charge in [0.15, 0.2) is 17.5 Å². The van der Waals surface area contributed by atoms with E-state index in [4.69, 9.17) is 15.0 Å². The summed E-state index contributed by atoms with van der Waals surface area (Å²) >= 11 is 0. The van der Waals surface area contributed by atoms with Crippen molar-refractivity contribution in [1.29, 1.82) is 0 Å². The Morgan fingerprint density at radius 2 is 0.741 bits per heavy atom. The van der Waals surface area contributed by atoms with Gasteiger partial charge in [-0.15, -0.1) is 0 Å². The number of imidazole rings is 1. The third kappa shape index (κ3) is 6.17. The summed E-state index contributed by atoms with van der Waals surface area (Å²) in [6, 6.07) is 65.2. The second-order valence-electron chi connectivity index (χ2n) is 14.5. The summed E-state index contributed by atoms with van der Waals surface area (Å²) in [6.45, 7) is 0. The lowest BCUT2D eigenvalue weighted by atomic mass is 9.91. The minimum Gasteiger partial charge on any atom is -0.295 e. The highest BCUT2D eigenvalue weighted by Crippen LogP contribution is 2.38. The summed E-state index contributed by atoms with van der Waals surface area (Å²) in [6.07, 6.45) is 0. The van der Waals surface area contributed by atoms with Crippen molar-refractivity contribution in [1.82, 2.24) is 24.1 Å². The molecule has 6 heteroatoms. The number of rotatable bonds is 7. The van der Waals surface area contributed by atoms with Gasteiger partial charge in [0, 0.05) is 30.8 Å². The molecule has 0 amide bonds. The fourth-order valence-corrected chi connectivity index (χ4v) is 8.02. The molecule has 2 heterocycles. The van der Waals surface area contributed by atoms with Crippen molar-refractivity contribution in [3.8, 4) is 78.7 Å². The Bertz CT molecular complexity index is 3180. The lowest BCUT2D eigenvalue weighted by molar-refractivity contribution is 0.795. The van der Waals surface area contributed by atoms with E-state index in [1.54, 1.807) is 9.13 Å². The fraction of sp³-hybridized carbons (Fsp3) is 0.0385. The summed E-state index contributed by atoms with van der Waals surface area (Å²) in [4.78, 5) is 27.7. The van der Waals surface area contributed by atoms with Crippen LogP contribution in [0.3, 0.4) is 0 Å². The topological polar surface area (TPSA) is 65.6 Å². The van der Waals surface area contributed by atoms with E-state index in [2.05, 4.69) is 140 Å². The van der Waals surface area contributed by atoms with Gasteiger partial charge in [-0.25, -0.2) is 19.7 Å². The van der Waals surface area contributed by atoms with Crippen LogP contribution in [0.4, 0.5) is 0 Å². The van der Waals surface area contributed by atoms with Crippen LogP contribution in [0.1, 0.15) is 0 Å². The predicted molar refractivity (Wildman–Crippen MR) is 237 cm³/mol. The van der Waals surface area contributed by atoms with Crippen LogP contribution in [0, 0.1) is 0 Å². The van der Waals surface area contributed by atoms with Gasteiger partial charge in [0.2, 0.25) is 0 Å². The van der Waals surface area contributed by atoms with E-state index in [-0.39, 0.29) is 5.69 Å². The Morgan fingerprint density at radius 3 is 1.36 bits per heavy atom. The molecule has 0 aliphatic rings. The Balaban J connectivity index is 0.976. The Kier molecular flexibility index (Phi) is 8.64. The van der Waals surface area contributed by atoms with Crippen LogP contribution in [0.15, 0.2) is 193 Å². The van der Waals surface area contributed by atoms with Crippen LogP contribution in [-0.4, -0.2) is 24.1 Å². The van der Waals surface area contributed by atoms with E-state index < -0.39 is 0 Å². The molecular weight excluding hydrogens is 711 g/mol. The van der Waals surface area contributed by atoms with Gasteiger partial charge in [-0.3, -0.25) is 9.13 Å². The zero-order valence-electron chi connectivity index (χ0n) is 32.0. The lowest BCUT2D eigenvalue weighted by Crippen LogP contribution is -2.19. The Labute approximate surface area is 336 Å². The van der Waals surface area contributed by atoms with Gasteiger partial charge in [-0.2, -0.15) is 0 Å². The molecular formula is C52H37N5O. The van der Waals surface area contributed by atoms with Crippen molar-refractivity contribution in [2.24, 2.45) is 14.1 Å². The van der Waals surface area contributed by atoms with Crippen LogP contribution in [0.5, 0.6) is 0 Å². The maximum absolute atomic E-state index is 12.6. The molecule has 0 bridgehead atoms. The zero-order valence-corrected chi connectivity index (χ0v) is 32.0. The molecule has 0 atom stereocenters. The first-order valence-electron chi connectivity index (χ1n) is 19.4. The van der Waals surface area contributed by atoms with Gasteiger partial charge in [-0.1, -0.05) is 176 Å². The fourth-order valence-electron chi connectivity index (χ4n) is 8.02. The van der Waals surface area contributed by atoms with Gasteiger partial charge in [0.25, 0.3) is 0 Å². The molecule has 58 heavy (non-hydrogen) atoms. The molecule has 2 aromatic heterocycles. The van der Waals surface area contributed by atoms with Gasteiger partial charge >= 0.3 is 5.69 Å². The third-order valence-corrected chi connectivity index (χ3v) is 11.1. The summed E-state index contributed by atoms with van der Waals surface area (Å²) in [7, 11) is 3.64. The maximum Gasteiger partial charge on any atom is 0.328 e. The molecule has 0 unspecified atom stereocenters. The van der Waals surface area contributed by atoms with Gasteiger partial charge in [-0.05, 0) is 67.4 Å². The van der Waals surface area contributed by atoms with Crippen molar-refractivity contribution in [3.63, 3.8) is 0 Å². The Hall–Kier alpha value is -7.70. The molecule has 10 rings (SSSR count). The van der Waals surface area contributed by atoms with Crippen molar-refractivity contribution in [2.75, 3.05) is 0 Å². The number of aromatic nitrogens is 5. The Morgan fingerprint density at radius 1 is 0.328 bits per heavy atom. The van der Waals surface area contributed by atoms with E-state index in [0.29, 0.717) is 17.5 Å². The quantitative estimate of drug-likeness (QED) is 0.163. The normalized spacial score (nSPS) is 11.3. The molecule has 8 aromatic carbocycles. The smallest absolute Gasteiger partial charge is 0.295 e. The number of benzene rings is 8. The van der Waals surface area contributed by atoms with Crippen molar-refractivity contribution in [3.05, 3.63) is 199 Å². The van der Waals surface area contributed by atoms with Crippen molar-refractivity contribution >= 4 is 21.8 Å². The lowest BCUT2D eigenvalue weighted by Gasteiger charge is -2.13. The molecule has 0 radical (unpaired) electrons. The number of hydrogen-bond donors (Lipinski definition) is 0. The van der Waals surface area contributed by atoms with Crippen molar-refractivity contribution in [2.45, 2.75) is 0 Å². The van der Waals surface area contributed by atoms with Gasteiger partial charge in [0.05, 0.1) is 11.0 Å². The molecule has 0 saturated heterocycles. The van der Waals surface area contributed by atoms with Crippen LogP contribution in [0.2, 0.25) is 0 Å². The monoisotopic (exact) mass is 747 g/mol. The van der Waals surface area contributed by atoms with Crippen LogP contribution in [-0.2, 0) is 14.1 Å². The summed E-state index contributed by atoms with van der Waals surface area (Å²) in [5, 5.41) is 2.34.